The van der Waals surface area contributed by atoms with E-state index in [0.717, 1.165) is 23.8 Å². The molecule has 0 spiro atoms. The van der Waals surface area contributed by atoms with E-state index in [9.17, 15) is 22.4 Å². The van der Waals surface area contributed by atoms with Crippen molar-refractivity contribution in [3.8, 4) is 0 Å². The highest BCUT2D eigenvalue weighted by Gasteiger charge is 2.28. The number of aryl methyl sites for hydroxylation is 1. The number of carbonyl (C=O) groups excluding carboxylic acids is 1. The molecule has 0 bridgehead atoms. The molecule has 32 heavy (non-hydrogen) atoms. The van der Waals surface area contributed by atoms with Gasteiger partial charge < -0.3 is 13.9 Å². The van der Waals surface area contributed by atoms with Crippen molar-refractivity contribution >= 4 is 27.0 Å². The van der Waals surface area contributed by atoms with E-state index in [0.29, 0.717) is 16.5 Å². The summed E-state index contributed by atoms with van der Waals surface area (Å²) in [5.74, 6) is -1.96. The van der Waals surface area contributed by atoms with Gasteiger partial charge in [0.1, 0.15) is 18.0 Å². The van der Waals surface area contributed by atoms with Gasteiger partial charge in [-0.1, -0.05) is 12.1 Å². The molecule has 168 valence electrons. The Hall–Kier alpha value is -3.08. The summed E-state index contributed by atoms with van der Waals surface area (Å²) in [7, 11) is -3.92. The quantitative estimate of drug-likeness (QED) is 0.425. The van der Waals surface area contributed by atoms with Gasteiger partial charge in [-0.15, -0.1) is 0 Å². The minimum Gasteiger partial charge on any atom is -0.457 e. The first-order valence-corrected chi connectivity index (χ1v) is 11.3. The van der Waals surface area contributed by atoms with Crippen LogP contribution in [0.15, 0.2) is 56.6 Å². The zero-order valence-electron chi connectivity index (χ0n) is 17.2. The first-order valence-electron chi connectivity index (χ1n) is 9.84. The zero-order valence-corrected chi connectivity index (χ0v) is 18.0. The van der Waals surface area contributed by atoms with Crippen LogP contribution >= 0.6 is 0 Å². The lowest BCUT2D eigenvalue weighted by atomic mass is 10.1. The van der Waals surface area contributed by atoms with Gasteiger partial charge in [0.15, 0.2) is 0 Å². The summed E-state index contributed by atoms with van der Waals surface area (Å²) in [4.78, 5) is 24.2. The molecule has 4 rings (SSSR count). The van der Waals surface area contributed by atoms with Gasteiger partial charge in [0, 0.05) is 30.1 Å². The molecular weight excluding hydrogens is 441 g/mol. The number of ether oxygens (including phenoxy) is 2. The van der Waals surface area contributed by atoms with Crippen LogP contribution in [0.4, 0.5) is 4.39 Å². The van der Waals surface area contributed by atoms with Gasteiger partial charge >= 0.3 is 11.6 Å². The summed E-state index contributed by atoms with van der Waals surface area (Å²) in [6.07, 6.45) is 0. The lowest BCUT2D eigenvalue weighted by Crippen LogP contribution is -2.40. The number of hydrogen-bond acceptors (Lipinski definition) is 7. The molecule has 0 aliphatic carbocycles. The lowest BCUT2D eigenvalue weighted by Gasteiger charge is -2.26. The fourth-order valence-corrected chi connectivity index (χ4v) is 4.87. The Morgan fingerprint density at radius 3 is 2.62 bits per heavy atom. The molecule has 0 radical (unpaired) electrons. The van der Waals surface area contributed by atoms with Gasteiger partial charge in [0.2, 0.25) is 10.0 Å². The van der Waals surface area contributed by atoms with Crippen LogP contribution in [0, 0.1) is 12.7 Å². The SMILES string of the molecule is Cc1ccc2c(COC(=O)c3cc(S(=O)(=O)N4CCOCC4)ccc3F)cc(=O)oc2c1. The number of benzene rings is 2. The number of rotatable bonds is 5. The van der Waals surface area contributed by atoms with Crippen LogP contribution in [0.5, 0.6) is 0 Å². The second kappa shape index (κ2) is 8.81. The maximum Gasteiger partial charge on any atom is 0.341 e. The van der Waals surface area contributed by atoms with Crippen molar-refractivity contribution in [2.24, 2.45) is 0 Å². The molecule has 8 nitrogen and oxygen atoms in total. The van der Waals surface area contributed by atoms with Gasteiger partial charge in [-0.25, -0.2) is 22.4 Å². The number of hydrogen-bond donors (Lipinski definition) is 0. The summed E-state index contributed by atoms with van der Waals surface area (Å²) in [6, 6.07) is 9.40. The highest BCUT2D eigenvalue weighted by molar-refractivity contribution is 7.89. The second-order valence-electron chi connectivity index (χ2n) is 7.32. The standard InChI is InChI=1S/C22H20FNO7S/c1-14-2-4-17-15(11-21(25)31-20(17)10-14)13-30-22(26)18-12-16(3-5-19(18)23)32(27,28)24-6-8-29-9-7-24/h2-5,10-12H,6-9,13H2,1H3. The number of nitrogens with zero attached hydrogens (tertiary/aromatic N) is 1. The molecule has 0 N–H and O–H groups in total. The van der Waals surface area contributed by atoms with Crippen LogP contribution < -0.4 is 5.63 Å². The van der Waals surface area contributed by atoms with Crippen molar-refractivity contribution in [3.63, 3.8) is 0 Å². The number of morpholine rings is 1. The van der Waals surface area contributed by atoms with Crippen molar-refractivity contribution in [1.82, 2.24) is 4.31 Å². The molecule has 1 aromatic heterocycles. The van der Waals surface area contributed by atoms with Gasteiger partial charge in [-0.3, -0.25) is 0 Å². The summed E-state index contributed by atoms with van der Waals surface area (Å²) >= 11 is 0. The van der Waals surface area contributed by atoms with Crippen molar-refractivity contribution in [2.75, 3.05) is 26.3 Å². The fraction of sp³-hybridized carbons (Fsp3) is 0.273. The molecule has 0 saturated carbocycles. The highest BCUT2D eigenvalue weighted by atomic mass is 32.2. The lowest BCUT2D eigenvalue weighted by molar-refractivity contribution is 0.0468. The smallest absolute Gasteiger partial charge is 0.341 e. The van der Waals surface area contributed by atoms with E-state index in [4.69, 9.17) is 13.9 Å². The van der Waals surface area contributed by atoms with Gasteiger partial charge in [0.05, 0.1) is 23.7 Å². The normalized spacial score (nSPS) is 15.1. The Labute approximate surface area is 183 Å². The second-order valence-corrected chi connectivity index (χ2v) is 9.26. The van der Waals surface area contributed by atoms with E-state index in [1.54, 1.807) is 12.1 Å². The predicted octanol–water partition coefficient (Wildman–Crippen LogP) is 2.62. The van der Waals surface area contributed by atoms with Crippen molar-refractivity contribution in [3.05, 3.63) is 75.4 Å². The first-order chi connectivity index (χ1) is 15.3. The fourth-order valence-electron chi connectivity index (χ4n) is 3.43. The first kappa shape index (κ1) is 22.1. The summed E-state index contributed by atoms with van der Waals surface area (Å²) < 4.78 is 56.7. The maximum atomic E-state index is 14.3. The van der Waals surface area contributed by atoms with Crippen LogP contribution in [0.25, 0.3) is 11.0 Å². The van der Waals surface area contributed by atoms with E-state index in [-0.39, 0.29) is 37.8 Å². The van der Waals surface area contributed by atoms with Crippen LogP contribution in [-0.4, -0.2) is 45.0 Å². The topological polar surface area (TPSA) is 103 Å². The third-order valence-corrected chi connectivity index (χ3v) is 7.00. The number of sulfonamides is 1. The van der Waals surface area contributed by atoms with E-state index < -0.39 is 33.0 Å². The highest BCUT2D eigenvalue weighted by Crippen LogP contribution is 2.23. The largest absolute Gasteiger partial charge is 0.457 e. The molecule has 0 unspecified atom stereocenters. The third-order valence-electron chi connectivity index (χ3n) is 5.11. The van der Waals surface area contributed by atoms with Crippen molar-refractivity contribution in [1.29, 1.82) is 0 Å². The summed E-state index contributed by atoms with van der Waals surface area (Å²) in [5, 5.41) is 0.576. The Bertz CT molecular complexity index is 1340. The Morgan fingerprint density at radius 2 is 1.88 bits per heavy atom. The molecule has 0 atom stereocenters. The molecule has 0 amide bonds. The van der Waals surface area contributed by atoms with E-state index in [1.165, 1.54) is 10.4 Å². The van der Waals surface area contributed by atoms with Gasteiger partial charge in [-0.2, -0.15) is 4.31 Å². The van der Waals surface area contributed by atoms with Gasteiger partial charge in [0.25, 0.3) is 0 Å². The van der Waals surface area contributed by atoms with E-state index in [2.05, 4.69) is 0 Å². The number of halogens is 1. The molecule has 2 heterocycles. The van der Waals surface area contributed by atoms with E-state index >= 15 is 0 Å². The minimum atomic E-state index is -3.92. The zero-order chi connectivity index (χ0) is 22.9. The number of esters is 1. The Kier molecular flexibility index (Phi) is 6.09. The van der Waals surface area contributed by atoms with Crippen LogP contribution in [0.1, 0.15) is 21.5 Å². The number of fused-ring (bicyclic) bond motifs is 1. The van der Waals surface area contributed by atoms with Crippen molar-refractivity contribution in [2.45, 2.75) is 18.4 Å². The summed E-state index contributed by atoms with van der Waals surface area (Å²) in [5.41, 5.74) is 0.493. The average Bonchev–Trinajstić information content (AvgIpc) is 2.77. The van der Waals surface area contributed by atoms with Gasteiger partial charge in [-0.05, 0) is 36.8 Å². The summed E-state index contributed by atoms with van der Waals surface area (Å²) in [6.45, 7) is 2.38. The molecule has 3 aromatic rings. The molecule has 2 aromatic carbocycles. The predicted molar refractivity (Wildman–Crippen MR) is 112 cm³/mol. The monoisotopic (exact) mass is 461 g/mol. The molecule has 1 aliphatic heterocycles. The molecule has 1 saturated heterocycles. The molecular formula is C22H20FNO7S. The maximum absolute atomic E-state index is 14.3. The van der Waals surface area contributed by atoms with Crippen LogP contribution in [-0.2, 0) is 26.1 Å². The Morgan fingerprint density at radius 1 is 1.12 bits per heavy atom. The Balaban J connectivity index is 1.59. The minimum absolute atomic E-state index is 0.169. The average molecular weight is 461 g/mol. The molecule has 1 fully saturated rings. The molecule has 10 heteroatoms. The van der Waals surface area contributed by atoms with E-state index in [1.807, 2.05) is 13.0 Å². The van der Waals surface area contributed by atoms with Crippen molar-refractivity contribution < 1.29 is 31.5 Å². The van der Waals surface area contributed by atoms with Crippen LogP contribution in [0.3, 0.4) is 0 Å². The number of carbonyl (C=O) groups is 1. The van der Waals surface area contributed by atoms with Crippen LogP contribution in [0.2, 0.25) is 0 Å². The molecule has 1 aliphatic rings. The third kappa shape index (κ3) is 4.43.